The number of amides is 1. The highest BCUT2D eigenvalue weighted by atomic mass is 16.5. The Labute approximate surface area is 103 Å². The van der Waals surface area contributed by atoms with Crippen LogP contribution in [0.4, 0.5) is 0 Å². The fourth-order valence-electron chi connectivity index (χ4n) is 2.65. The van der Waals surface area contributed by atoms with Gasteiger partial charge in [0, 0.05) is 24.6 Å². The number of nitrogens with two attached hydrogens (primary N) is 1. The first-order valence-electron chi connectivity index (χ1n) is 5.94. The van der Waals surface area contributed by atoms with Crippen molar-refractivity contribution in [1.82, 2.24) is 5.32 Å². The Morgan fingerprint density at radius 3 is 3.00 bits per heavy atom. The molecule has 1 aromatic heterocycles. The largest absolute Gasteiger partial charge is 0.430 e. The van der Waals surface area contributed by atoms with E-state index in [-0.39, 0.29) is 24.1 Å². The maximum atomic E-state index is 11.9. The van der Waals surface area contributed by atoms with Gasteiger partial charge in [0.15, 0.2) is 0 Å². The molecule has 96 valence electrons. The van der Waals surface area contributed by atoms with E-state index < -0.39 is 5.63 Å². The molecule has 3 N–H and O–H groups in total. The Kier molecular flexibility index (Phi) is 2.68. The minimum Gasteiger partial charge on any atom is -0.430 e. The maximum absolute atomic E-state index is 11.9. The number of ether oxygens (including phenoxy) is 1. The van der Waals surface area contributed by atoms with Gasteiger partial charge in [-0.05, 0) is 12.5 Å². The molecule has 4 unspecified atom stereocenters. The van der Waals surface area contributed by atoms with Crippen LogP contribution in [0, 0.1) is 5.92 Å². The topological polar surface area (TPSA) is 94.6 Å². The molecule has 0 bridgehead atoms. The van der Waals surface area contributed by atoms with Crippen LogP contribution in [0.5, 0.6) is 0 Å². The third-order valence-electron chi connectivity index (χ3n) is 3.71. The fourth-order valence-corrected chi connectivity index (χ4v) is 2.65. The van der Waals surface area contributed by atoms with E-state index in [1.807, 2.05) is 0 Å². The van der Waals surface area contributed by atoms with E-state index in [4.69, 9.17) is 10.5 Å². The van der Waals surface area contributed by atoms with Crippen LogP contribution in [-0.2, 0) is 4.74 Å². The molecule has 6 heteroatoms. The number of carbonyl (C=O) groups is 1. The first-order valence-corrected chi connectivity index (χ1v) is 5.94. The van der Waals surface area contributed by atoms with Crippen LogP contribution in [-0.4, -0.2) is 30.7 Å². The van der Waals surface area contributed by atoms with Crippen molar-refractivity contribution >= 4 is 5.91 Å². The quantitative estimate of drug-likeness (QED) is 0.736. The van der Waals surface area contributed by atoms with Gasteiger partial charge in [-0.2, -0.15) is 0 Å². The van der Waals surface area contributed by atoms with E-state index in [0.717, 1.165) is 12.7 Å². The molecule has 1 saturated heterocycles. The van der Waals surface area contributed by atoms with E-state index in [0.29, 0.717) is 18.1 Å². The Hall–Kier alpha value is -1.66. The normalized spacial score (nSPS) is 33.6. The van der Waals surface area contributed by atoms with Gasteiger partial charge in [-0.25, -0.2) is 4.79 Å². The van der Waals surface area contributed by atoms with Gasteiger partial charge in [0.1, 0.15) is 6.26 Å². The molecule has 3 rings (SSSR count). The second-order valence-electron chi connectivity index (χ2n) is 4.71. The molecule has 6 nitrogen and oxygen atoms in total. The van der Waals surface area contributed by atoms with Crippen LogP contribution in [0.15, 0.2) is 27.6 Å². The third kappa shape index (κ3) is 1.74. The van der Waals surface area contributed by atoms with Crippen LogP contribution in [0.2, 0.25) is 0 Å². The number of rotatable bonds is 2. The van der Waals surface area contributed by atoms with Crippen molar-refractivity contribution in [2.24, 2.45) is 11.7 Å². The predicted molar refractivity (Wildman–Crippen MR) is 62.1 cm³/mol. The van der Waals surface area contributed by atoms with Crippen LogP contribution in [0.1, 0.15) is 16.8 Å². The van der Waals surface area contributed by atoms with E-state index in [9.17, 15) is 9.59 Å². The molecule has 0 spiro atoms. The zero-order chi connectivity index (χ0) is 12.7. The molecule has 1 aliphatic heterocycles. The number of nitrogens with one attached hydrogen (secondary N) is 1. The van der Waals surface area contributed by atoms with E-state index in [1.165, 1.54) is 12.1 Å². The zero-order valence-electron chi connectivity index (χ0n) is 9.67. The molecule has 18 heavy (non-hydrogen) atoms. The molecule has 1 amide bonds. The van der Waals surface area contributed by atoms with Gasteiger partial charge < -0.3 is 20.2 Å². The summed E-state index contributed by atoms with van der Waals surface area (Å²) >= 11 is 0. The summed E-state index contributed by atoms with van der Waals surface area (Å²) < 4.78 is 10.2. The number of fused-ring (bicyclic) bond motifs is 1. The number of hydrogen-bond donors (Lipinski definition) is 2. The number of carbonyl (C=O) groups excluding carboxylic acids is 1. The standard InChI is InChI=1S/C12H14N2O4/c13-9-7-3-4-17-11(7)10(9)14-12(16)6-1-2-8(15)18-5-6/h1-2,5,7,9-11H,3-4,13H2,(H,14,16). The van der Waals surface area contributed by atoms with Gasteiger partial charge in [0.05, 0.1) is 17.7 Å². The Balaban J connectivity index is 1.68. The molecule has 4 atom stereocenters. The highest BCUT2D eigenvalue weighted by Gasteiger charge is 2.52. The van der Waals surface area contributed by atoms with Gasteiger partial charge >= 0.3 is 5.63 Å². The van der Waals surface area contributed by atoms with Crippen LogP contribution in [0.25, 0.3) is 0 Å². The number of hydrogen-bond acceptors (Lipinski definition) is 5. The van der Waals surface area contributed by atoms with Crippen molar-refractivity contribution in [2.75, 3.05) is 6.61 Å². The second-order valence-corrected chi connectivity index (χ2v) is 4.71. The van der Waals surface area contributed by atoms with Crippen molar-refractivity contribution in [3.63, 3.8) is 0 Å². The van der Waals surface area contributed by atoms with E-state index in [2.05, 4.69) is 9.73 Å². The molecule has 1 saturated carbocycles. The van der Waals surface area contributed by atoms with Crippen LogP contribution in [0.3, 0.4) is 0 Å². The van der Waals surface area contributed by atoms with Crippen molar-refractivity contribution in [2.45, 2.75) is 24.6 Å². The lowest BCUT2D eigenvalue weighted by Crippen LogP contribution is -2.68. The van der Waals surface area contributed by atoms with E-state index >= 15 is 0 Å². The fraction of sp³-hybridized carbons (Fsp3) is 0.500. The summed E-state index contributed by atoms with van der Waals surface area (Å²) in [6, 6.07) is 2.43. The van der Waals surface area contributed by atoms with Gasteiger partial charge in [-0.1, -0.05) is 0 Å². The summed E-state index contributed by atoms with van der Waals surface area (Å²) in [5.74, 6) is 0.0529. The first kappa shape index (κ1) is 11.4. The molecular formula is C12H14N2O4. The predicted octanol–water partition coefficient (Wildman–Crippen LogP) is -0.516. The molecule has 0 aromatic carbocycles. The Morgan fingerprint density at radius 2 is 2.28 bits per heavy atom. The first-order chi connectivity index (χ1) is 8.66. The van der Waals surface area contributed by atoms with Gasteiger partial charge in [0.2, 0.25) is 0 Å². The van der Waals surface area contributed by atoms with Crippen LogP contribution < -0.4 is 16.7 Å². The average molecular weight is 250 g/mol. The summed E-state index contributed by atoms with van der Waals surface area (Å²) in [5.41, 5.74) is 5.82. The molecule has 1 aliphatic carbocycles. The van der Waals surface area contributed by atoms with Crippen molar-refractivity contribution in [3.05, 3.63) is 34.4 Å². The van der Waals surface area contributed by atoms with Gasteiger partial charge in [-0.3, -0.25) is 4.79 Å². The van der Waals surface area contributed by atoms with Gasteiger partial charge in [-0.15, -0.1) is 0 Å². The molecule has 1 aromatic rings. The average Bonchev–Trinajstić information content (AvgIpc) is 2.81. The van der Waals surface area contributed by atoms with Crippen molar-refractivity contribution in [3.8, 4) is 0 Å². The third-order valence-corrected chi connectivity index (χ3v) is 3.71. The minimum atomic E-state index is -0.480. The summed E-state index contributed by atoms with van der Waals surface area (Å²) in [6.45, 7) is 0.704. The maximum Gasteiger partial charge on any atom is 0.335 e. The molecule has 2 aliphatic rings. The summed E-state index contributed by atoms with van der Waals surface area (Å²) in [4.78, 5) is 22.7. The lowest BCUT2D eigenvalue weighted by atomic mass is 9.72. The molecule has 2 fully saturated rings. The molecule has 2 heterocycles. The van der Waals surface area contributed by atoms with Crippen molar-refractivity contribution < 1.29 is 13.9 Å². The Morgan fingerprint density at radius 1 is 1.44 bits per heavy atom. The summed E-state index contributed by atoms with van der Waals surface area (Å²) in [7, 11) is 0. The molecule has 0 radical (unpaired) electrons. The van der Waals surface area contributed by atoms with E-state index in [1.54, 1.807) is 0 Å². The SMILES string of the molecule is NC1C2CCOC2C1NC(=O)c1ccc(=O)oc1. The lowest BCUT2D eigenvalue weighted by molar-refractivity contribution is -0.0161. The second kappa shape index (κ2) is 4.22. The highest BCUT2D eigenvalue weighted by molar-refractivity contribution is 5.94. The summed E-state index contributed by atoms with van der Waals surface area (Å²) in [6.07, 6.45) is 2.13. The molecular weight excluding hydrogens is 236 g/mol. The lowest BCUT2D eigenvalue weighted by Gasteiger charge is -2.45. The van der Waals surface area contributed by atoms with Crippen molar-refractivity contribution in [1.29, 1.82) is 0 Å². The summed E-state index contributed by atoms with van der Waals surface area (Å²) in [5, 5.41) is 2.82. The van der Waals surface area contributed by atoms with Crippen LogP contribution >= 0.6 is 0 Å². The zero-order valence-corrected chi connectivity index (χ0v) is 9.67. The smallest absolute Gasteiger partial charge is 0.335 e. The Bertz CT molecular complexity index is 507. The minimum absolute atomic E-state index is 0.0275. The highest BCUT2D eigenvalue weighted by Crippen LogP contribution is 2.37. The van der Waals surface area contributed by atoms with Gasteiger partial charge in [0.25, 0.3) is 5.91 Å². The monoisotopic (exact) mass is 250 g/mol.